The summed E-state index contributed by atoms with van der Waals surface area (Å²) in [6.45, 7) is 3.88. The number of aryl methyl sites for hydroxylation is 1. The number of allylic oxidation sites excluding steroid dienone is 1. The maximum absolute atomic E-state index is 13.0. The highest BCUT2D eigenvalue weighted by Crippen LogP contribution is 2.33. The fourth-order valence-corrected chi connectivity index (χ4v) is 3.98. The lowest BCUT2D eigenvalue weighted by Crippen LogP contribution is -2.08. The molecule has 0 aliphatic carbocycles. The van der Waals surface area contributed by atoms with Crippen LogP contribution in [0.2, 0.25) is 5.02 Å². The fraction of sp³-hybridized carbons (Fsp3) is 0.130. The van der Waals surface area contributed by atoms with Crippen molar-refractivity contribution in [3.63, 3.8) is 0 Å². The van der Waals surface area contributed by atoms with E-state index >= 15 is 0 Å². The Morgan fingerprint density at radius 1 is 0.857 bits per heavy atom. The van der Waals surface area contributed by atoms with Crippen LogP contribution in [-0.2, 0) is 14.3 Å². The lowest BCUT2D eigenvalue weighted by atomic mass is 9.99. The number of hydrogen-bond acceptors (Lipinski definition) is 3. The van der Waals surface area contributed by atoms with E-state index in [9.17, 15) is 8.42 Å². The Bertz CT molecular complexity index is 1070. The largest absolute Gasteiger partial charge is 0.378 e. The molecule has 0 bridgehead atoms. The maximum Gasteiger partial charge on any atom is 0.339 e. The third kappa shape index (κ3) is 4.64. The molecule has 3 nitrogen and oxygen atoms in total. The molecule has 0 atom stereocenters. The molecule has 0 amide bonds. The molecular weight excluding hydrogens is 392 g/mol. The van der Waals surface area contributed by atoms with Gasteiger partial charge >= 0.3 is 10.1 Å². The SMILES string of the molecule is CC/C(=C(\OS(=O)(=O)c1ccc(C)cc1)c1ccc(Cl)cc1)c1ccccc1. The Balaban J connectivity index is 2.15. The molecule has 0 heterocycles. The summed E-state index contributed by atoms with van der Waals surface area (Å²) in [6.07, 6.45) is 0.603. The Morgan fingerprint density at radius 2 is 1.46 bits per heavy atom. The van der Waals surface area contributed by atoms with Gasteiger partial charge in [0.1, 0.15) is 4.90 Å². The normalized spacial score (nSPS) is 12.4. The standard InChI is InChI=1S/C23H21ClO3S/c1-3-22(18-7-5-4-6-8-18)23(19-11-13-20(24)14-12-19)27-28(25,26)21-15-9-17(2)10-16-21/h4-16H,3H2,1-2H3/b23-22+. The van der Waals surface area contributed by atoms with Crippen molar-refractivity contribution in [1.82, 2.24) is 0 Å². The van der Waals surface area contributed by atoms with E-state index in [2.05, 4.69) is 0 Å². The molecule has 0 radical (unpaired) electrons. The van der Waals surface area contributed by atoms with Crippen molar-refractivity contribution >= 4 is 33.1 Å². The van der Waals surface area contributed by atoms with E-state index in [0.717, 1.165) is 16.7 Å². The second-order valence-electron chi connectivity index (χ2n) is 6.38. The van der Waals surface area contributed by atoms with Gasteiger partial charge in [-0.05, 0) is 55.3 Å². The lowest BCUT2D eigenvalue weighted by molar-refractivity contribution is 0.463. The first-order chi connectivity index (χ1) is 13.4. The fourth-order valence-electron chi connectivity index (χ4n) is 2.87. The third-order valence-electron chi connectivity index (χ3n) is 4.36. The van der Waals surface area contributed by atoms with Crippen LogP contribution in [0.5, 0.6) is 0 Å². The van der Waals surface area contributed by atoms with Gasteiger partial charge in [-0.25, -0.2) is 0 Å². The monoisotopic (exact) mass is 412 g/mol. The summed E-state index contributed by atoms with van der Waals surface area (Å²) in [5.74, 6) is 0.311. The maximum atomic E-state index is 13.0. The first-order valence-corrected chi connectivity index (χ1v) is 10.7. The highest BCUT2D eigenvalue weighted by Gasteiger charge is 2.22. The quantitative estimate of drug-likeness (QED) is 0.270. The number of hydrogen-bond donors (Lipinski definition) is 0. The van der Waals surface area contributed by atoms with E-state index in [1.807, 2.05) is 44.2 Å². The molecule has 0 aromatic heterocycles. The number of rotatable bonds is 6. The smallest absolute Gasteiger partial charge is 0.339 e. The third-order valence-corrected chi connectivity index (χ3v) is 5.85. The van der Waals surface area contributed by atoms with Gasteiger partial charge in [0.15, 0.2) is 5.76 Å². The number of halogens is 1. The molecule has 0 N–H and O–H groups in total. The van der Waals surface area contributed by atoms with E-state index in [1.165, 1.54) is 0 Å². The molecule has 0 unspecified atom stereocenters. The topological polar surface area (TPSA) is 43.4 Å². The van der Waals surface area contributed by atoms with Crippen LogP contribution in [-0.4, -0.2) is 8.42 Å². The van der Waals surface area contributed by atoms with E-state index in [-0.39, 0.29) is 4.90 Å². The van der Waals surface area contributed by atoms with Crippen molar-refractivity contribution in [3.8, 4) is 0 Å². The predicted octanol–water partition coefficient (Wildman–Crippen LogP) is 6.33. The second-order valence-corrected chi connectivity index (χ2v) is 8.37. The Morgan fingerprint density at radius 3 is 2.04 bits per heavy atom. The first kappa shape index (κ1) is 20.2. The summed E-state index contributed by atoms with van der Waals surface area (Å²) >= 11 is 6.02. The summed E-state index contributed by atoms with van der Waals surface area (Å²) in [7, 11) is -3.99. The van der Waals surface area contributed by atoms with Crippen molar-refractivity contribution in [2.45, 2.75) is 25.2 Å². The molecule has 5 heteroatoms. The van der Waals surface area contributed by atoms with E-state index in [0.29, 0.717) is 22.8 Å². The summed E-state index contributed by atoms with van der Waals surface area (Å²) in [5, 5.41) is 0.572. The van der Waals surface area contributed by atoms with E-state index in [1.54, 1.807) is 48.5 Å². The van der Waals surface area contributed by atoms with Crippen LogP contribution in [0.3, 0.4) is 0 Å². The zero-order valence-electron chi connectivity index (χ0n) is 15.7. The molecule has 0 aliphatic heterocycles. The molecule has 0 saturated heterocycles. The van der Waals surface area contributed by atoms with Gasteiger partial charge in [0, 0.05) is 16.2 Å². The predicted molar refractivity (Wildman–Crippen MR) is 114 cm³/mol. The van der Waals surface area contributed by atoms with Crippen molar-refractivity contribution in [2.24, 2.45) is 0 Å². The first-order valence-electron chi connectivity index (χ1n) is 8.96. The van der Waals surface area contributed by atoms with Gasteiger partial charge in [0.05, 0.1) is 0 Å². The average molecular weight is 413 g/mol. The highest BCUT2D eigenvalue weighted by atomic mass is 35.5. The Hall–Kier alpha value is -2.56. The van der Waals surface area contributed by atoms with Gasteiger partial charge in [-0.2, -0.15) is 8.42 Å². The van der Waals surface area contributed by atoms with Crippen molar-refractivity contribution in [2.75, 3.05) is 0 Å². The van der Waals surface area contributed by atoms with E-state index < -0.39 is 10.1 Å². The van der Waals surface area contributed by atoms with Crippen LogP contribution in [0.1, 0.15) is 30.0 Å². The molecule has 0 spiro atoms. The van der Waals surface area contributed by atoms with Gasteiger partial charge in [0.25, 0.3) is 0 Å². The molecule has 3 aromatic rings. The van der Waals surface area contributed by atoms with Crippen molar-refractivity contribution in [3.05, 3.63) is 101 Å². The Kier molecular flexibility index (Phi) is 6.22. The van der Waals surface area contributed by atoms with Crippen LogP contribution in [0, 0.1) is 6.92 Å². The minimum atomic E-state index is -3.99. The molecular formula is C23H21ClO3S. The van der Waals surface area contributed by atoms with Crippen molar-refractivity contribution < 1.29 is 12.6 Å². The van der Waals surface area contributed by atoms with E-state index in [4.69, 9.17) is 15.8 Å². The van der Waals surface area contributed by atoms with Crippen LogP contribution in [0.15, 0.2) is 83.8 Å². The lowest BCUT2D eigenvalue weighted by Gasteiger charge is -2.16. The van der Waals surface area contributed by atoms with Gasteiger partial charge in [-0.15, -0.1) is 0 Å². The molecule has 28 heavy (non-hydrogen) atoms. The summed E-state index contributed by atoms with van der Waals surface area (Å²) in [4.78, 5) is 0.119. The molecule has 3 aromatic carbocycles. The average Bonchev–Trinajstić information content (AvgIpc) is 2.69. The highest BCUT2D eigenvalue weighted by molar-refractivity contribution is 7.87. The second kappa shape index (κ2) is 8.63. The van der Waals surface area contributed by atoms with Gasteiger partial charge < -0.3 is 4.18 Å². The molecule has 0 saturated carbocycles. The van der Waals surface area contributed by atoms with Crippen molar-refractivity contribution in [1.29, 1.82) is 0 Å². The summed E-state index contributed by atoms with van der Waals surface area (Å²) in [5.41, 5.74) is 3.35. The van der Waals surface area contributed by atoms with Gasteiger partial charge in [-0.3, -0.25) is 0 Å². The van der Waals surface area contributed by atoms with Crippen LogP contribution in [0.4, 0.5) is 0 Å². The van der Waals surface area contributed by atoms with Crippen LogP contribution < -0.4 is 0 Å². The summed E-state index contributed by atoms with van der Waals surface area (Å²) < 4.78 is 31.6. The molecule has 0 aliphatic rings. The minimum Gasteiger partial charge on any atom is -0.378 e. The summed E-state index contributed by atoms with van der Waals surface area (Å²) in [6, 6.07) is 23.2. The molecule has 0 fully saturated rings. The van der Waals surface area contributed by atoms with Gasteiger partial charge in [-0.1, -0.05) is 66.6 Å². The van der Waals surface area contributed by atoms with Crippen LogP contribution in [0.25, 0.3) is 11.3 Å². The van der Waals surface area contributed by atoms with Crippen LogP contribution >= 0.6 is 11.6 Å². The molecule has 3 rings (SSSR count). The van der Waals surface area contributed by atoms with Gasteiger partial charge in [0.2, 0.25) is 0 Å². The number of benzene rings is 3. The molecule has 144 valence electrons. The zero-order chi connectivity index (χ0) is 20.1. The Labute approximate surface area is 171 Å². The zero-order valence-corrected chi connectivity index (χ0v) is 17.3. The minimum absolute atomic E-state index is 0.119.